The Kier molecular flexibility index (Phi) is 4.67. The van der Waals surface area contributed by atoms with Crippen molar-refractivity contribution >= 4 is 24.2 Å². The van der Waals surface area contributed by atoms with Crippen molar-refractivity contribution in [3.05, 3.63) is 29.8 Å². The molecule has 0 saturated heterocycles. The minimum atomic E-state index is -4.41. The molecule has 100 valence electrons. The molecule has 1 aromatic rings. The molecule has 6 heteroatoms. The van der Waals surface area contributed by atoms with Crippen LogP contribution >= 0.6 is 12.6 Å². The van der Waals surface area contributed by atoms with E-state index in [1.165, 1.54) is 12.1 Å². The predicted octanol–water partition coefficient (Wildman–Crippen LogP) is 3.60. The average molecular weight is 277 g/mol. The van der Waals surface area contributed by atoms with Crippen LogP contribution in [0.5, 0.6) is 0 Å². The van der Waals surface area contributed by atoms with Gasteiger partial charge in [-0.3, -0.25) is 4.79 Å². The van der Waals surface area contributed by atoms with E-state index in [1.54, 1.807) is 13.8 Å². The second-order valence-corrected chi connectivity index (χ2v) is 4.91. The van der Waals surface area contributed by atoms with Crippen molar-refractivity contribution in [3.8, 4) is 0 Å². The summed E-state index contributed by atoms with van der Waals surface area (Å²) in [6, 6.07) is 4.55. The standard InChI is InChI=1S/C12H14F3NOS/c1-7(8(2)18)11(17)16-10-5-3-4-9(6-10)12(13,14)15/h3-8,18H,1-2H3,(H,16,17). The minimum absolute atomic E-state index is 0.135. The van der Waals surface area contributed by atoms with E-state index in [4.69, 9.17) is 0 Å². The highest BCUT2D eigenvalue weighted by Gasteiger charge is 2.30. The summed E-state index contributed by atoms with van der Waals surface area (Å²) in [5.74, 6) is -0.736. The first kappa shape index (κ1) is 14.9. The maximum absolute atomic E-state index is 12.5. The van der Waals surface area contributed by atoms with Gasteiger partial charge in [-0.25, -0.2) is 0 Å². The van der Waals surface area contributed by atoms with Crippen LogP contribution in [0.2, 0.25) is 0 Å². The van der Waals surface area contributed by atoms with Crippen molar-refractivity contribution in [1.82, 2.24) is 0 Å². The molecule has 1 aromatic carbocycles. The van der Waals surface area contributed by atoms with E-state index >= 15 is 0 Å². The highest BCUT2D eigenvalue weighted by Crippen LogP contribution is 2.30. The largest absolute Gasteiger partial charge is 0.416 e. The van der Waals surface area contributed by atoms with Gasteiger partial charge >= 0.3 is 6.18 Å². The van der Waals surface area contributed by atoms with Crippen molar-refractivity contribution in [2.75, 3.05) is 5.32 Å². The van der Waals surface area contributed by atoms with Crippen molar-refractivity contribution in [1.29, 1.82) is 0 Å². The number of nitrogens with one attached hydrogen (secondary N) is 1. The Morgan fingerprint density at radius 2 is 1.94 bits per heavy atom. The van der Waals surface area contributed by atoms with E-state index in [0.717, 1.165) is 12.1 Å². The average Bonchev–Trinajstić information content (AvgIpc) is 2.27. The fraction of sp³-hybridized carbons (Fsp3) is 0.417. The smallest absolute Gasteiger partial charge is 0.326 e. The number of carbonyl (C=O) groups is 1. The van der Waals surface area contributed by atoms with Gasteiger partial charge in [-0.15, -0.1) is 0 Å². The number of thiol groups is 1. The molecule has 2 atom stereocenters. The lowest BCUT2D eigenvalue weighted by Gasteiger charge is -2.15. The maximum atomic E-state index is 12.5. The highest BCUT2D eigenvalue weighted by atomic mass is 32.1. The number of hydrogen-bond donors (Lipinski definition) is 2. The van der Waals surface area contributed by atoms with Crippen LogP contribution in [-0.4, -0.2) is 11.2 Å². The van der Waals surface area contributed by atoms with E-state index in [9.17, 15) is 18.0 Å². The quantitative estimate of drug-likeness (QED) is 0.812. The second kappa shape index (κ2) is 5.65. The number of benzene rings is 1. The number of hydrogen-bond acceptors (Lipinski definition) is 2. The van der Waals surface area contributed by atoms with Gasteiger partial charge in [0.25, 0.3) is 0 Å². The zero-order valence-corrected chi connectivity index (χ0v) is 10.8. The molecule has 2 nitrogen and oxygen atoms in total. The van der Waals surface area contributed by atoms with Crippen molar-refractivity contribution in [3.63, 3.8) is 0 Å². The normalized spacial score (nSPS) is 15.0. The van der Waals surface area contributed by atoms with E-state index in [-0.39, 0.29) is 22.8 Å². The molecule has 0 spiro atoms. The van der Waals surface area contributed by atoms with Gasteiger partial charge < -0.3 is 5.32 Å². The molecule has 1 amide bonds. The third-order valence-electron chi connectivity index (χ3n) is 2.59. The molecule has 0 aliphatic carbocycles. The van der Waals surface area contributed by atoms with Crippen LogP contribution in [0.25, 0.3) is 0 Å². The van der Waals surface area contributed by atoms with E-state index in [2.05, 4.69) is 17.9 Å². The van der Waals surface area contributed by atoms with Gasteiger partial charge in [0, 0.05) is 16.9 Å². The van der Waals surface area contributed by atoms with Crippen LogP contribution in [0.15, 0.2) is 24.3 Å². The summed E-state index contributed by atoms with van der Waals surface area (Å²) in [5, 5.41) is 2.28. The fourth-order valence-electron chi connectivity index (χ4n) is 1.25. The summed E-state index contributed by atoms with van der Waals surface area (Å²) in [4.78, 5) is 11.7. The third kappa shape index (κ3) is 3.94. The van der Waals surface area contributed by atoms with Crippen LogP contribution in [-0.2, 0) is 11.0 Å². The first-order valence-electron chi connectivity index (χ1n) is 5.38. The molecule has 18 heavy (non-hydrogen) atoms. The van der Waals surface area contributed by atoms with Gasteiger partial charge in [0.2, 0.25) is 5.91 Å². The summed E-state index contributed by atoms with van der Waals surface area (Å²) in [7, 11) is 0. The number of anilines is 1. The molecule has 0 fully saturated rings. The topological polar surface area (TPSA) is 29.1 Å². The lowest BCUT2D eigenvalue weighted by atomic mass is 10.1. The second-order valence-electron chi connectivity index (χ2n) is 4.10. The molecule has 1 N–H and O–H groups in total. The summed E-state index contributed by atoms with van der Waals surface area (Å²) < 4.78 is 37.4. The number of rotatable bonds is 3. The predicted molar refractivity (Wildman–Crippen MR) is 67.7 cm³/mol. The van der Waals surface area contributed by atoms with Gasteiger partial charge in [0.1, 0.15) is 0 Å². The van der Waals surface area contributed by atoms with Gasteiger partial charge in [-0.2, -0.15) is 25.8 Å². The minimum Gasteiger partial charge on any atom is -0.326 e. The number of alkyl halides is 3. The molecular formula is C12H14F3NOS. The van der Waals surface area contributed by atoms with Crippen molar-refractivity contribution in [2.24, 2.45) is 5.92 Å². The fourth-order valence-corrected chi connectivity index (χ4v) is 1.38. The molecule has 0 aliphatic rings. The molecule has 0 heterocycles. The molecule has 0 radical (unpaired) electrons. The van der Waals surface area contributed by atoms with E-state index in [0.29, 0.717) is 0 Å². The van der Waals surface area contributed by atoms with Crippen LogP contribution < -0.4 is 5.32 Å². The summed E-state index contributed by atoms with van der Waals surface area (Å²) in [6.07, 6.45) is -4.41. The van der Waals surface area contributed by atoms with E-state index in [1.807, 2.05) is 0 Å². The van der Waals surface area contributed by atoms with E-state index < -0.39 is 11.7 Å². The van der Waals surface area contributed by atoms with Gasteiger partial charge in [0.15, 0.2) is 0 Å². The molecule has 0 bridgehead atoms. The van der Waals surface area contributed by atoms with Gasteiger partial charge in [-0.1, -0.05) is 19.9 Å². The van der Waals surface area contributed by atoms with Crippen LogP contribution in [0.3, 0.4) is 0 Å². The number of carbonyl (C=O) groups excluding carboxylic acids is 1. The van der Waals surface area contributed by atoms with Crippen LogP contribution in [0.1, 0.15) is 19.4 Å². The van der Waals surface area contributed by atoms with Gasteiger partial charge in [-0.05, 0) is 18.2 Å². The molecule has 0 saturated carbocycles. The Morgan fingerprint density at radius 1 is 1.33 bits per heavy atom. The first-order chi connectivity index (χ1) is 8.21. The Balaban J connectivity index is 2.83. The summed E-state index contributed by atoms with van der Waals surface area (Å²) in [6.45, 7) is 3.42. The molecule has 0 aliphatic heterocycles. The molecule has 1 rings (SSSR count). The number of halogens is 3. The summed E-state index contributed by atoms with van der Waals surface area (Å²) >= 11 is 4.12. The SMILES string of the molecule is CC(S)C(C)C(=O)Nc1cccc(C(F)(F)F)c1. The Morgan fingerprint density at radius 3 is 2.44 bits per heavy atom. The Labute approximate surface area is 109 Å². The Bertz CT molecular complexity index is 432. The van der Waals surface area contributed by atoms with Crippen LogP contribution in [0, 0.1) is 5.92 Å². The highest BCUT2D eigenvalue weighted by molar-refractivity contribution is 7.81. The van der Waals surface area contributed by atoms with Crippen molar-refractivity contribution in [2.45, 2.75) is 25.3 Å². The molecule has 2 unspecified atom stereocenters. The molecule has 0 aromatic heterocycles. The van der Waals surface area contributed by atoms with Crippen molar-refractivity contribution < 1.29 is 18.0 Å². The lowest BCUT2D eigenvalue weighted by Crippen LogP contribution is -2.26. The third-order valence-corrected chi connectivity index (χ3v) is 3.04. The maximum Gasteiger partial charge on any atom is 0.416 e. The Hall–Kier alpha value is -1.17. The molecular weight excluding hydrogens is 263 g/mol. The zero-order chi connectivity index (χ0) is 13.9. The first-order valence-corrected chi connectivity index (χ1v) is 5.89. The lowest BCUT2D eigenvalue weighted by molar-refractivity contribution is -0.137. The summed E-state index contributed by atoms with van der Waals surface area (Å²) in [5.41, 5.74) is -0.650. The van der Waals surface area contributed by atoms with Crippen LogP contribution in [0.4, 0.5) is 18.9 Å². The zero-order valence-electron chi connectivity index (χ0n) is 9.95. The monoisotopic (exact) mass is 277 g/mol. The number of amides is 1. The van der Waals surface area contributed by atoms with Gasteiger partial charge in [0.05, 0.1) is 5.56 Å².